The molecule has 5 atom stereocenters. The number of hydroxylamine groups is 6. The molecule has 5 unspecified atom stereocenters. The van der Waals surface area contributed by atoms with Gasteiger partial charge in [0.2, 0.25) is 53.2 Å². The van der Waals surface area contributed by atoms with Gasteiger partial charge in [-0.3, -0.25) is 58.8 Å². The van der Waals surface area contributed by atoms with Crippen LogP contribution >= 0.6 is 0 Å². The van der Waals surface area contributed by atoms with Gasteiger partial charge in [-0.15, -0.1) is 0 Å². The summed E-state index contributed by atoms with van der Waals surface area (Å²) in [7, 11) is 0. The van der Waals surface area contributed by atoms with Crippen molar-refractivity contribution in [3.63, 3.8) is 0 Å². The van der Waals surface area contributed by atoms with E-state index >= 15 is 0 Å². The SMILES string of the molecule is CC(=O)N(O)CCCC1NC(=O)CNC(=O)C(CO)NC(=O)C(CO)NC(=O)C(CCCN(O)C(C)=O)NC(=O)C(CCCN(O)C(C)=O)NC1=O. The third-order valence-electron chi connectivity index (χ3n) is 7.65. The fourth-order valence-electron chi connectivity index (χ4n) is 4.63. The molecule has 1 aliphatic rings. The predicted octanol–water partition coefficient (Wildman–Crippen LogP) is -5.42. The third-order valence-corrected chi connectivity index (χ3v) is 7.65. The van der Waals surface area contributed by atoms with Crippen molar-refractivity contribution in [1.29, 1.82) is 0 Å². The molecule has 0 aromatic rings. The van der Waals surface area contributed by atoms with E-state index in [0.717, 1.165) is 20.8 Å². The average molecular weight is 748 g/mol. The second-order valence-corrected chi connectivity index (χ2v) is 11.8. The quantitative estimate of drug-likeness (QED) is 0.0584. The van der Waals surface area contributed by atoms with Crippen molar-refractivity contribution in [3.05, 3.63) is 0 Å². The van der Waals surface area contributed by atoms with Gasteiger partial charge >= 0.3 is 0 Å². The predicted molar refractivity (Wildman–Crippen MR) is 172 cm³/mol. The number of rotatable bonds is 14. The summed E-state index contributed by atoms with van der Waals surface area (Å²) in [6.45, 7) is -0.358. The molecule has 0 radical (unpaired) electrons. The first-order chi connectivity index (χ1) is 24.4. The van der Waals surface area contributed by atoms with Crippen LogP contribution in [-0.4, -0.2) is 164 Å². The highest BCUT2D eigenvalue weighted by molar-refractivity contribution is 5.97. The first kappa shape index (κ1) is 45.1. The van der Waals surface area contributed by atoms with Crippen molar-refractivity contribution in [2.24, 2.45) is 0 Å². The Morgan fingerprint density at radius 2 is 0.808 bits per heavy atom. The van der Waals surface area contributed by atoms with Crippen molar-refractivity contribution in [3.8, 4) is 0 Å². The lowest BCUT2D eigenvalue weighted by atomic mass is 10.0. The van der Waals surface area contributed by atoms with Crippen LogP contribution in [-0.2, 0) is 43.2 Å². The highest BCUT2D eigenvalue weighted by Gasteiger charge is 2.33. The standard InChI is InChI=1S/C29H49N9O14/c1-16(41)36(50)10-4-7-19-26(46)32-20(8-5-11-37(51)17(2)42)27(47)33-21(9-6-12-38(52)18(3)43)28(48)35-23(15-40)29(49)34-22(14-39)25(45)30-13-24(44)31-19/h19-23,39-40,50-52H,4-15H2,1-3H3,(H,30,45)(H,31,44)(H,32,46)(H,33,47)(H,34,49)(H,35,48). The third kappa shape index (κ3) is 15.9. The van der Waals surface area contributed by atoms with E-state index in [9.17, 15) is 69.0 Å². The Kier molecular flexibility index (Phi) is 19.7. The van der Waals surface area contributed by atoms with Gasteiger partial charge in [0.05, 0.1) is 19.8 Å². The smallest absolute Gasteiger partial charge is 0.245 e. The second-order valence-electron chi connectivity index (χ2n) is 11.8. The molecule has 0 saturated carbocycles. The van der Waals surface area contributed by atoms with Crippen LogP contribution in [0.15, 0.2) is 0 Å². The number of aliphatic hydroxyl groups excluding tert-OH is 2. The van der Waals surface area contributed by atoms with Gasteiger partial charge in [-0.05, 0) is 38.5 Å². The molecule has 0 spiro atoms. The molecule has 52 heavy (non-hydrogen) atoms. The van der Waals surface area contributed by atoms with Gasteiger partial charge < -0.3 is 42.1 Å². The molecular weight excluding hydrogens is 698 g/mol. The lowest BCUT2D eigenvalue weighted by molar-refractivity contribution is -0.163. The van der Waals surface area contributed by atoms with Gasteiger partial charge in [0.15, 0.2) is 0 Å². The molecule has 294 valence electrons. The molecule has 0 bridgehead atoms. The van der Waals surface area contributed by atoms with Crippen LogP contribution in [0.4, 0.5) is 0 Å². The van der Waals surface area contributed by atoms with E-state index in [1.54, 1.807) is 0 Å². The van der Waals surface area contributed by atoms with E-state index in [1.165, 1.54) is 0 Å². The molecule has 0 aromatic carbocycles. The molecule has 0 aliphatic carbocycles. The zero-order valence-electron chi connectivity index (χ0n) is 29.1. The molecule has 1 saturated heterocycles. The van der Waals surface area contributed by atoms with E-state index < -0.39 is 103 Å². The Bertz CT molecular complexity index is 1300. The topological polar surface area (TPSA) is 337 Å². The first-order valence-corrected chi connectivity index (χ1v) is 16.3. The summed E-state index contributed by atoms with van der Waals surface area (Å²) >= 11 is 0. The van der Waals surface area contributed by atoms with Crippen LogP contribution in [0.5, 0.6) is 0 Å². The van der Waals surface area contributed by atoms with Crippen LogP contribution < -0.4 is 31.9 Å². The minimum absolute atomic E-state index is 0.0508. The maximum Gasteiger partial charge on any atom is 0.245 e. The Labute approximate surface area is 298 Å². The van der Waals surface area contributed by atoms with Crippen LogP contribution in [0, 0.1) is 0 Å². The molecule has 9 amide bonds. The molecule has 23 nitrogen and oxygen atoms in total. The summed E-state index contributed by atoms with van der Waals surface area (Å²) in [4.78, 5) is 113. The lowest BCUT2D eigenvalue weighted by Crippen LogP contribution is -2.61. The normalized spacial score (nSPS) is 22.3. The Hall–Kier alpha value is -4.97. The molecule has 1 fully saturated rings. The molecule has 1 rings (SSSR count). The highest BCUT2D eigenvalue weighted by Crippen LogP contribution is 2.08. The largest absolute Gasteiger partial charge is 0.394 e. The summed E-state index contributed by atoms with van der Waals surface area (Å²) < 4.78 is 0. The maximum absolute atomic E-state index is 13.7. The second kappa shape index (κ2) is 22.8. The Morgan fingerprint density at radius 3 is 1.13 bits per heavy atom. The van der Waals surface area contributed by atoms with Crippen LogP contribution in [0.25, 0.3) is 0 Å². The Morgan fingerprint density at radius 1 is 0.519 bits per heavy atom. The van der Waals surface area contributed by atoms with Gasteiger partial charge in [0.1, 0.15) is 30.2 Å². The molecule has 23 heteroatoms. The fourth-order valence-corrected chi connectivity index (χ4v) is 4.63. The zero-order chi connectivity index (χ0) is 39.5. The fraction of sp³-hybridized carbons (Fsp3) is 0.690. The monoisotopic (exact) mass is 747 g/mol. The van der Waals surface area contributed by atoms with E-state index in [-0.39, 0.29) is 58.2 Å². The number of hydrogen-bond donors (Lipinski definition) is 11. The molecule has 11 N–H and O–H groups in total. The summed E-state index contributed by atoms with van der Waals surface area (Å²) in [6, 6.07) is -7.86. The number of aliphatic hydroxyl groups is 2. The van der Waals surface area contributed by atoms with Gasteiger partial charge in [-0.2, -0.15) is 0 Å². The highest BCUT2D eigenvalue weighted by atomic mass is 16.5. The Balaban J connectivity index is 3.56. The summed E-state index contributed by atoms with van der Waals surface area (Å²) in [5.41, 5.74) is 0. The molecular formula is C29H49N9O14. The van der Waals surface area contributed by atoms with Crippen molar-refractivity contribution in [1.82, 2.24) is 47.1 Å². The van der Waals surface area contributed by atoms with Crippen LogP contribution in [0.3, 0.4) is 0 Å². The van der Waals surface area contributed by atoms with Crippen LogP contribution in [0.1, 0.15) is 59.3 Å². The van der Waals surface area contributed by atoms with Crippen molar-refractivity contribution < 1.29 is 69.0 Å². The molecule has 1 aliphatic heterocycles. The molecule has 1 heterocycles. The van der Waals surface area contributed by atoms with Gasteiger partial charge in [0.25, 0.3) is 0 Å². The molecule has 0 aromatic heterocycles. The number of carbonyl (C=O) groups is 9. The van der Waals surface area contributed by atoms with Gasteiger partial charge in [-0.1, -0.05) is 0 Å². The summed E-state index contributed by atoms with van der Waals surface area (Å²) in [5, 5.41) is 63.7. The minimum atomic E-state index is -1.72. The van der Waals surface area contributed by atoms with E-state index in [0.29, 0.717) is 15.2 Å². The van der Waals surface area contributed by atoms with E-state index in [4.69, 9.17) is 0 Å². The van der Waals surface area contributed by atoms with Gasteiger partial charge in [0, 0.05) is 40.4 Å². The van der Waals surface area contributed by atoms with Crippen LogP contribution in [0.2, 0.25) is 0 Å². The number of amides is 9. The average Bonchev–Trinajstić information content (AvgIpc) is 3.09. The number of nitrogens with zero attached hydrogens (tertiary/aromatic N) is 3. The van der Waals surface area contributed by atoms with Gasteiger partial charge in [-0.25, -0.2) is 15.2 Å². The number of carbonyl (C=O) groups excluding carboxylic acids is 9. The zero-order valence-corrected chi connectivity index (χ0v) is 29.1. The van der Waals surface area contributed by atoms with Crippen molar-refractivity contribution in [2.75, 3.05) is 39.4 Å². The maximum atomic E-state index is 13.7. The van der Waals surface area contributed by atoms with Crippen molar-refractivity contribution in [2.45, 2.75) is 89.5 Å². The van der Waals surface area contributed by atoms with E-state index in [2.05, 4.69) is 31.9 Å². The summed E-state index contributed by atoms with van der Waals surface area (Å²) in [5.74, 6) is -8.27. The number of nitrogens with one attached hydrogen (secondary N) is 6. The summed E-state index contributed by atoms with van der Waals surface area (Å²) in [6.07, 6.45) is -0.960. The number of hydrogen-bond acceptors (Lipinski definition) is 14. The van der Waals surface area contributed by atoms with Crippen molar-refractivity contribution >= 4 is 53.2 Å². The lowest BCUT2D eigenvalue weighted by Gasteiger charge is -2.28. The van der Waals surface area contributed by atoms with E-state index in [1.807, 2.05) is 0 Å². The minimum Gasteiger partial charge on any atom is -0.394 e. The first-order valence-electron chi connectivity index (χ1n) is 16.3.